The Morgan fingerprint density at radius 1 is 1.09 bits per heavy atom. The predicted octanol–water partition coefficient (Wildman–Crippen LogP) is 3.71. The lowest BCUT2D eigenvalue weighted by Gasteiger charge is -2.33. The highest BCUT2D eigenvalue weighted by Crippen LogP contribution is 2.28. The largest absolute Gasteiger partial charge is 0.484 e. The van der Waals surface area contributed by atoms with Crippen molar-refractivity contribution in [1.29, 1.82) is 0 Å². The molecule has 1 aliphatic rings. The molecular formula is C25H33N3O4. The van der Waals surface area contributed by atoms with Gasteiger partial charge in [-0.05, 0) is 55.5 Å². The van der Waals surface area contributed by atoms with E-state index >= 15 is 0 Å². The summed E-state index contributed by atoms with van der Waals surface area (Å²) in [5.74, 6) is 0.903. The second-order valence-corrected chi connectivity index (χ2v) is 8.15. The second kappa shape index (κ2) is 12.1. The quantitative estimate of drug-likeness (QED) is 0.552. The van der Waals surface area contributed by atoms with E-state index in [9.17, 15) is 9.59 Å². The number of anilines is 2. The fourth-order valence-electron chi connectivity index (χ4n) is 3.70. The van der Waals surface area contributed by atoms with Gasteiger partial charge < -0.3 is 25.0 Å². The van der Waals surface area contributed by atoms with Gasteiger partial charge in [0.05, 0.1) is 5.56 Å². The molecule has 0 aromatic heterocycles. The molecule has 172 valence electrons. The van der Waals surface area contributed by atoms with Crippen LogP contribution in [0.5, 0.6) is 5.75 Å². The summed E-state index contributed by atoms with van der Waals surface area (Å²) >= 11 is 0. The number of carbonyl (C=O) groups is 2. The standard InChI is InChI=1S/C25H33N3O4/c1-19-11-14-28(15-12-19)23-10-9-20(17-22(23)25(30)26-13-6-16-31-2)27-24(29)18-32-21-7-4-3-5-8-21/h3-5,7-10,17,19H,6,11-16,18H2,1-2H3,(H,26,30)(H,27,29). The van der Waals surface area contributed by atoms with Gasteiger partial charge in [-0.3, -0.25) is 9.59 Å². The van der Waals surface area contributed by atoms with Crippen molar-refractivity contribution in [1.82, 2.24) is 5.32 Å². The summed E-state index contributed by atoms with van der Waals surface area (Å²) in [4.78, 5) is 27.6. The molecule has 2 amide bonds. The van der Waals surface area contributed by atoms with Gasteiger partial charge in [-0.2, -0.15) is 0 Å². The molecule has 0 radical (unpaired) electrons. The van der Waals surface area contributed by atoms with Gasteiger partial charge in [-0.25, -0.2) is 0 Å². The van der Waals surface area contributed by atoms with Crippen molar-refractivity contribution < 1.29 is 19.1 Å². The minimum atomic E-state index is -0.278. The lowest BCUT2D eigenvalue weighted by molar-refractivity contribution is -0.118. The minimum absolute atomic E-state index is 0.103. The van der Waals surface area contributed by atoms with Crippen LogP contribution in [0.2, 0.25) is 0 Å². The monoisotopic (exact) mass is 439 g/mol. The molecule has 0 spiro atoms. The molecule has 2 aromatic carbocycles. The van der Waals surface area contributed by atoms with Crippen LogP contribution < -0.4 is 20.3 Å². The number of hydrogen-bond donors (Lipinski definition) is 2. The first-order valence-electron chi connectivity index (χ1n) is 11.2. The molecule has 2 N–H and O–H groups in total. The van der Waals surface area contributed by atoms with Crippen molar-refractivity contribution in [3.63, 3.8) is 0 Å². The van der Waals surface area contributed by atoms with Crippen LogP contribution in [-0.4, -0.2) is 51.8 Å². The first kappa shape index (κ1) is 23.6. The maximum Gasteiger partial charge on any atom is 0.262 e. The Bertz CT molecular complexity index is 880. The maximum atomic E-state index is 13.0. The van der Waals surface area contributed by atoms with Crippen LogP contribution in [0.25, 0.3) is 0 Å². The molecule has 1 fully saturated rings. The molecule has 2 aromatic rings. The summed E-state index contributed by atoms with van der Waals surface area (Å²) in [6.07, 6.45) is 2.94. The zero-order valence-electron chi connectivity index (χ0n) is 18.9. The van der Waals surface area contributed by atoms with E-state index in [1.807, 2.05) is 30.3 Å². The van der Waals surface area contributed by atoms with Crippen molar-refractivity contribution in [2.75, 3.05) is 50.2 Å². The predicted molar refractivity (Wildman–Crippen MR) is 126 cm³/mol. The van der Waals surface area contributed by atoms with Crippen molar-refractivity contribution in [3.8, 4) is 5.75 Å². The van der Waals surface area contributed by atoms with Crippen molar-refractivity contribution >= 4 is 23.2 Å². The van der Waals surface area contributed by atoms with E-state index in [-0.39, 0.29) is 18.4 Å². The third-order valence-corrected chi connectivity index (χ3v) is 5.57. The highest BCUT2D eigenvalue weighted by atomic mass is 16.5. The molecule has 32 heavy (non-hydrogen) atoms. The number of amides is 2. The van der Waals surface area contributed by atoms with E-state index in [0.717, 1.165) is 38.0 Å². The highest BCUT2D eigenvalue weighted by molar-refractivity contribution is 6.02. The summed E-state index contributed by atoms with van der Waals surface area (Å²) in [5.41, 5.74) is 2.04. The minimum Gasteiger partial charge on any atom is -0.484 e. The molecule has 0 atom stereocenters. The fourth-order valence-corrected chi connectivity index (χ4v) is 3.70. The number of methoxy groups -OCH3 is 1. The molecule has 1 saturated heterocycles. The summed E-state index contributed by atoms with van der Waals surface area (Å²) < 4.78 is 10.6. The number of rotatable bonds is 10. The number of benzene rings is 2. The van der Waals surface area contributed by atoms with E-state index in [1.165, 1.54) is 0 Å². The lowest BCUT2D eigenvalue weighted by atomic mass is 9.97. The molecule has 0 unspecified atom stereocenters. The molecule has 7 heteroatoms. The number of nitrogens with one attached hydrogen (secondary N) is 2. The average Bonchev–Trinajstić information content (AvgIpc) is 2.82. The fraction of sp³-hybridized carbons (Fsp3) is 0.440. The second-order valence-electron chi connectivity index (χ2n) is 8.15. The Labute approximate surface area is 190 Å². The topological polar surface area (TPSA) is 79.9 Å². The molecular weight excluding hydrogens is 406 g/mol. The summed E-state index contributed by atoms with van der Waals surface area (Å²) in [6, 6.07) is 14.7. The van der Waals surface area contributed by atoms with Crippen LogP contribution in [0.1, 0.15) is 36.5 Å². The Morgan fingerprint density at radius 3 is 2.56 bits per heavy atom. The highest BCUT2D eigenvalue weighted by Gasteiger charge is 2.22. The van der Waals surface area contributed by atoms with Crippen LogP contribution >= 0.6 is 0 Å². The van der Waals surface area contributed by atoms with Gasteiger partial charge in [0.15, 0.2) is 6.61 Å². The summed E-state index contributed by atoms with van der Waals surface area (Å²) in [7, 11) is 1.64. The van der Waals surface area contributed by atoms with E-state index in [2.05, 4.69) is 22.5 Å². The summed E-state index contributed by atoms with van der Waals surface area (Å²) in [6.45, 7) is 5.12. The number of ether oxygens (including phenoxy) is 2. The maximum absolute atomic E-state index is 13.0. The molecule has 0 aliphatic carbocycles. The van der Waals surface area contributed by atoms with E-state index in [4.69, 9.17) is 9.47 Å². The molecule has 1 heterocycles. The van der Waals surface area contributed by atoms with Crippen LogP contribution in [0.4, 0.5) is 11.4 Å². The number of para-hydroxylation sites is 1. The zero-order valence-corrected chi connectivity index (χ0v) is 18.9. The van der Waals surface area contributed by atoms with E-state index in [1.54, 1.807) is 25.3 Å². The van der Waals surface area contributed by atoms with Crippen molar-refractivity contribution in [3.05, 3.63) is 54.1 Å². The number of carbonyl (C=O) groups excluding carboxylic acids is 2. The van der Waals surface area contributed by atoms with Gasteiger partial charge in [0.1, 0.15) is 5.75 Å². The third-order valence-electron chi connectivity index (χ3n) is 5.57. The van der Waals surface area contributed by atoms with Crippen LogP contribution in [0.3, 0.4) is 0 Å². The van der Waals surface area contributed by atoms with Gasteiger partial charge in [0.25, 0.3) is 11.8 Å². The molecule has 1 aliphatic heterocycles. The SMILES string of the molecule is COCCCNC(=O)c1cc(NC(=O)COc2ccccc2)ccc1N1CCC(C)CC1. The molecule has 0 saturated carbocycles. The van der Waals surface area contributed by atoms with Gasteiger partial charge in [-0.1, -0.05) is 25.1 Å². The number of nitrogens with zero attached hydrogens (tertiary/aromatic N) is 1. The third kappa shape index (κ3) is 6.99. The van der Waals surface area contributed by atoms with Crippen LogP contribution in [-0.2, 0) is 9.53 Å². The molecule has 3 rings (SSSR count). The normalized spacial score (nSPS) is 14.1. The van der Waals surface area contributed by atoms with Gasteiger partial charge >= 0.3 is 0 Å². The Morgan fingerprint density at radius 2 is 1.84 bits per heavy atom. The van der Waals surface area contributed by atoms with Crippen molar-refractivity contribution in [2.24, 2.45) is 5.92 Å². The van der Waals surface area contributed by atoms with Crippen LogP contribution in [0, 0.1) is 5.92 Å². The Kier molecular flexibility index (Phi) is 8.92. The molecule has 7 nitrogen and oxygen atoms in total. The number of hydrogen-bond acceptors (Lipinski definition) is 5. The lowest BCUT2D eigenvalue weighted by Crippen LogP contribution is -2.35. The average molecular weight is 440 g/mol. The smallest absolute Gasteiger partial charge is 0.262 e. The zero-order chi connectivity index (χ0) is 22.8. The first-order valence-corrected chi connectivity index (χ1v) is 11.2. The van der Waals surface area contributed by atoms with E-state index in [0.29, 0.717) is 36.1 Å². The van der Waals surface area contributed by atoms with E-state index < -0.39 is 0 Å². The van der Waals surface area contributed by atoms with Gasteiger partial charge in [0.2, 0.25) is 0 Å². The Balaban J connectivity index is 1.69. The first-order chi connectivity index (χ1) is 15.6. The number of piperidine rings is 1. The Hall–Kier alpha value is -3.06. The molecule has 0 bridgehead atoms. The summed E-state index contributed by atoms with van der Waals surface area (Å²) in [5, 5.41) is 5.80. The van der Waals surface area contributed by atoms with Crippen LogP contribution in [0.15, 0.2) is 48.5 Å². The van der Waals surface area contributed by atoms with Gasteiger partial charge in [-0.15, -0.1) is 0 Å². The van der Waals surface area contributed by atoms with Gasteiger partial charge in [0, 0.05) is 44.7 Å². The van der Waals surface area contributed by atoms with Crippen molar-refractivity contribution in [2.45, 2.75) is 26.2 Å².